The molecule has 0 aliphatic carbocycles. The third-order valence-corrected chi connectivity index (χ3v) is 17.2. The zero-order valence-corrected chi connectivity index (χ0v) is 55.1. The number of carbonyl (C=O) groups is 1. The van der Waals surface area contributed by atoms with E-state index in [-0.39, 0.29) is 18.9 Å². The highest BCUT2D eigenvalue weighted by Gasteiger charge is 2.53. The largest absolute Gasteiger partial charge is 0.394 e. The molecule has 0 spiro atoms. The number of aliphatic hydroxyl groups is 11. The Labute approximate surface area is 540 Å². The molecule has 3 aliphatic rings. The molecule has 3 heterocycles. The number of rotatable bonds is 53. The molecule has 3 rings (SSSR count). The molecule has 12 N–H and O–H groups in total. The molecule has 3 fully saturated rings. The first-order valence-corrected chi connectivity index (χ1v) is 35.2. The first kappa shape index (κ1) is 81.5. The van der Waals surface area contributed by atoms with E-state index in [4.69, 9.17) is 28.4 Å². The highest BCUT2D eigenvalue weighted by atomic mass is 16.8. The van der Waals surface area contributed by atoms with Crippen LogP contribution in [0.15, 0.2) is 72.9 Å². The summed E-state index contributed by atoms with van der Waals surface area (Å²) >= 11 is 0. The summed E-state index contributed by atoms with van der Waals surface area (Å²) in [5.74, 6) is -0.286. The second-order valence-corrected chi connectivity index (χ2v) is 25.0. The number of ether oxygens (including phenoxy) is 6. The molecular formula is C71H125NO18. The van der Waals surface area contributed by atoms with E-state index in [1.54, 1.807) is 6.08 Å². The maximum atomic E-state index is 13.4. The molecule has 19 heteroatoms. The van der Waals surface area contributed by atoms with Crippen LogP contribution in [-0.4, -0.2) is 193 Å². The van der Waals surface area contributed by atoms with Crippen LogP contribution in [0.2, 0.25) is 0 Å². The van der Waals surface area contributed by atoms with Crippen molar-refractivity contribution >= 4 is 5.91 Å². The molecule has 90 heavy (non-hydrogen) atoms. The third-order valence-electron chi connectivity index (χ3n) is 17.2. The summed E-state index contributed by atoms with van der Waals surface area (Å²) in [7, 11) is 0. The van der Waals surface area contributed by atoms with Crippen LogP contribution >= 0.6 is 0 Å². The van der Waals surface area contributed by atoms with E-state index in [1.165, 1.54) is 141 Å². The molecule has 522 valence electrons. The van der Waals surface area contributed by atoms with Crippen LogP contribution in [0, 0.1) is 0 Å². The number of allylic oxidation sites excluding steroid dienone is 11. The van der Waals surface area contributed by atoms with Gasteiger partial charge < -0.3 is 89.9 Å². The Balaban J connectivity index is 1.38. The molecule has 17 atom stereocenters. The summed E-state index contributed by atoms with van der Waals surface area (Å²) in [5.41, 5.74) is 0. The Morgan fingerprint density at radius 1 is 0.411 bits per heavy atom. The van der Waals surface area contributed by atoms with Gasteiger partial charge in [0, 0.05) is 6.42 Å². The van der Waals surface area contributed by atoms with E-state index >= 15 is 0 Å². The summed E-state index contributed by atoms with van der Waals surface area (Å²) in [5, 5.41) is 120. The SMILES string of the molecule is CC/C=C\C/C=C\C/C=C\C/C=C\CCCCCCCCCCCCCCCCCCCCC(=O)NC(COC1OC(CO)C(OC2OC(CO)C(OC3OC(CO)C(O)C(O)C3O)C(O)C2O)C(O)C1O)C(O)/C=C/CC/C=C/CCCCCCCCCC. The van der Waals surface area contributed by atoms with Gasteiger partial charge in [-0.25, -0.2) is 0 Å². The van der Waals surface area contributed by atoms with Crippen LogP contribution in [0.25, 0.3) is 0 Å². The Bertz CT molecular complexity index is 1920. The van der Waals surface area contributed by atoms with Gasteiger partial charge in [0.25, 0.3) is 0 Å². The van der Waals surface area contributed by atoms with Gasteiger partial charge in [0.2, 0.25) is 5.91 Å². The first-order valence-electron chi connectivity index (χ1n) is 35.2. The van der Waals surface area contributed by atoms with E-state index in [1.807, 2.05) is 6.08 Å². The van der Waals surface area contributed by atoms with Crippen molar-refractivity contribution in [3.8, 4) is 0 Å². The number of nitrogens with one attached hydrogen (secondary N) is 1. The van der Waals surface area contributed by atoms with E-state index in [0.717, 1.165) is 64.2 Å². The fourth-order valence-electron chi connectivity index (χ4n) is 11.6. The Morgan fingerprint density at radius 3 is 1.24 bits per heavy atom. The van der Waals surface area contributed by atoms with E-state index in [9.17, 15) is 61.0 Å². The van der Waals surface area contributed by atoms with E-state index < -0.39 is 124 Å². The van der Waals surface area contributed by atoms with Crippen molar-refractivity contribution in [3.05, 3.63) is 72.9 Å². The van der Waals surface area contributed by atoms with Crippen LogP contribution in [0.1, 0.15) is 239 Å². The number of unbranched alkanes of at least 4 members (excludes halogenated alkanes) is 27. The normalized spacial score (nSPS) is 28.5. The molecule has 3 saturated heterocycles. The summed E-state index contributed by atoms with van der Waals surface area (Å²) in [6.45, 7) is 1.59. The van der Waals surface area contributed by atoms with Crippen LogP contribution in [-0.2, 0) is 33.2 Å². The summed E-state index contributed by atoms with van der Waals surface area (Å²) in [4.78, 5) is 13.4. The van der Waals surface area contributed by atoms with Crippen molar-refractivity contribution in [2.45, 2.75) is 343 Å². The molecule has 1 amide bonds. The lowest BCUT2D eigenvalue weighted by Gasteiger charge is -2.48. The lowest BCUT2D eigenvalue weighted by Crippen LogP contribution is -2.66. The number of hydrogen-bond donors (Lipinski definition) is 12. The average molecular weight is 1280 g/mol. The predicted octanol–water partition coefficient (Wildman–Crippen LogP) is 9.33. The topological polar surface area (TPSA) is 307 Å². The molecule has 19 nitrogen and oxygen atoms in total. The van der Waals surface area contributed by atoms with Crippen molar-refractivity contribution in [1.82, 2.24) is 5.32 Å². The minimum absolute atomic E-state index is 0.234. The Kier molecular flexibility index (Phi) is 47.5. The second kappa shape index (κ2) is 52.5. The minimum atomic E-state index is -1.98. The van der Waals surface area contributed by atoms with Gasteiger partial charge in [-0.15, -0.1) is 0 Å². The molecule has 0 saturated carbocycles. The fraction of sp³-hybridized carbons (Fsp3) is 0.817. The molecular weight excluding hydrogens is 1150 g/mol. The van der Waals surface area contributed by atoms with Crippen LogP contribution < -0.4 is 5.32 Å². The maximum absolute atomic E-state index is 13.4. The fourth-order valence-corrected chi connectivity index (χ4v) is 11.6. The van der Waals surface area contributed by atoms with Crippen molar-refractivity contribution in [2.24, 2.45) is 0 Å². The number of aliphatic hydroxyl groups excluding tert-OH is 11. The second-order valence-electron chi connectivity index (χ2n) is 25.0. The van der Waals surface area contributed by atoms with Gasteiger partial charge in [-0.1, -0.05) is 234 Å². The molecule has 0 radical (unpaired) electrons. The Hall–Kier alpha value is -2.77. The monoisotopic (exact) mass is 1280 g/mol. The average Bonchev–Trinajstić information content (AvgIpc) is 0.908. The number of carbonyl (C=O) groups excluding carboxylic acids is 1. The van der Waals surface area contributed by atoms with Crippen LogP contribution in [0.5, 0.6) is 0 Å². The van der Waals surface area contributed by atoms with E-state index in [2.05, 4.69) is 79.9 Å². The highest BCUT2D eigenvalue weighted by molar-refractivity contribution is 5.76. The number of amides is 1. The van der Waals surface area contributed by atoms with Gasteiger partial charge in [-0.05, 0) is 70.6 Å². The van der Waals surface area contributed by atoms with E-state index in [0.29, 0.717) is 12.8 Å². The summed E-state index contributed by atoms with van der Waals surface area (Å²) in [6.07, 6.45) is 38.9. The minimum Gasteiger partial charge on any atom is -0.394 e. The van der Waals surface area contributed by atoms with Crippen molar-refractivity contribution in [1.29, 1.82) is 0 Å². The summed E-state index contributed by atoms with van der Waals surface area (Å²) in [6, 6.07) is -0.991. The molecule has 17 unspecified atom stereocenters. The lowest BCUT2D eigenvalue weighted by atomic mass is 9.96. The van der Waals surface area contributed by atoms with Crippen molar-refractivity contribution in [3.63, 3.8) is 0 Å². The third kappa shape index (κ3) is 34.1. The van der Waals surface area contributed by atoms with Gasteiger partial charge in [0.05, 0.1) is 38.6 Å². The van der Waals surface area contributed by atoms with Crippen molar-refractivity contribution < 1.29 is 89.4 Å². The Morgan fingerprint density at radius 2 is 0.778 bits per heavy atom. The maximum Gasteiger partial charge on any atom is 0.220 e. The molecule has 0 aromatic heterocycles. The zero-order chi connectivity index (χ0) is 65.4. The first-order chi connectivity index (χ1) is 43.8. The smallest absolute Gasteiger partial charge is 0.220 e. The predicted molar refractivity (Wildman–Crippen MR) is 351 cm³/mol. The zero-order valence-electron chi connectivity index (χ0n) is 55.1. The molecule has 0 bridgehead atoms. The van der Waals surface area contributed by atoms with Gasteiger partial charge in [-0.3, -0.25) is 4.79 Å². The lowest BCUT2D eigenvalue weighted by molar-refractivity contribution is -0.379. The van der Waals surface area contributed by atoms with Gasteiger partial charge in [-0.2, -0.15) is 0 Å². The van der Waals surface area contributed by atoms with Crippen LogP contribution in [0.3, 0.4) is 0 Å². The van der Waals surface area contributed by atoms with Gasteiger partial charge in [0.15, 0.2) is 18.9 Å². The van der Waals surface area contributed by atoms with Gasteiger partial charge >= 0.3 is 0 Å². The molecule has 0 aromatic carbocycles. The number of hydrogen-bond acceptors (Lipinski definition) is 18. The van der Waals surface area contributed by atoms with Crippen LogP contribution in [0.4, 0.5) is 0 Å². The molecule has 0 aromatic rings. The quantitative estimate of drug-likeness (QED) is 0.0199. The molecule has 3 aliphatic heterocycles. The standard InChI is InChI=1S/C71H125NO18/c1-3-5-7-9-11-13-15-17-19-20-21-22-23-24-25-26-27-28-29-30-31-32-33-34-35-37-39-41-43-45-47-49-59(77)72-54(55(76)48-46-44-42-40-38-36-18-16-14-12-10-8-6-4-2)53-85-69-65(83)62(80)67(57(51-74)87-69)90-71-66(84)63(81)68(58(52-75)88-71)89-70-64(82)61(79)60(78)56(50-73)86-70/h5,7,11,13,17,19,21-22,38,40,46,48,54-58,60-71,73-76,78-84H,3-4,6,8-10,12,14-16,18,20,23-37,39,41-45,47,49-53H2,1-2H3,(H,72,77)/b7-5-,13-11-,19-17-,22-21-,40-38+,48-46+. The highest BCUT2D eigenvalue weighted by Crippen LogP contribution is 2.33. The van der Waals surface area contributed by atoms with Gasteiger partial charge in [0.1, 0.15) is 73.2 Å². The van der Waals surface area contributed by atoms with Crippen molar-refractivity contribution in [2.75, 3.05) is 26.4 Å². The summed E-state index contributed by atoms with van der Waals surface area (Å²) < 4.78 is 34.3.